The van der Waals surface area contributed by atoms with Crippen LogP contribution in [-0.4, -0.2) is 28.6 Å². The highest BCUT2D eigenvalue weighted by molar-refractivity contribution is 5.85. The van der Waals surface area contributed by atoms with Gasteiger partial charge in [0, 0.05) is 6.20 Å². The number of hydrogen-bond acceptors (Lipinski definition) is 4. The van der Waals surface area contributed by atoms with Crippen LogP contribution in [0.25, 0.3) is 0 Å². The summed E-state index contributed by atoms with van der Waals surface area (Å²) in [7, 11) is 0. The van der Waals surface area contributed by atoms with E-state index in [0.717, 1.165) is 11.3 Å². The molecule has 116 valence electrons. The summed E-state index contributed by atoms with van der Waals surface area (Å²) in [5, 5.41) is 5.23. The van der Waals surface area contributed by atoms with Gasteiger partial charge in [0.05, 0.1) is 12.2 Å². The Kier molecular flexibility index (Phi) is 5.69. The predicted octanol–water partition coefficient (Wildman–Crippen LogP) is 1.92. The maximum Gasteiger partial charge on any atom is 0.408 e. The van der Waals surface area contributed by atoms with E-state index in [1.807, 2.05) is 19.1 Å². The zero-order chi connectivity index (χ0) is 16.0. The zero-order valence-electron chi connectivity index (χ0n) is 13.2. The fraction of sp³-hybridized carbons (Fsp3) is 0.533. The van der Waals surface area contributed by atoms with Gasteiger partial charge in [0.1, 0.15) is 11.6 Å². The van der Waals surface area contributed by atoms with E-state index in [9.17, 15) is 9.59 Å². The third-order valence-electron chi connectivity index (χ3n) is 2.67. The molecule has 0 radical (unpaired) electrons. The molecule has 0 aliphatic rings. The molecule has 0 aromatic carbocycles. The average Bonchev–Trinajstić information content (AvgIpc) is 2.34. The van der Waals surface area contributed by atoms with Gasteiger partial charge in [-0.05, 0) is 46.2 Å². The maximum atomic E-state index is 11.9. The monoisotopic (exact) mass is 293 g/mol. The van der Waals surface area contributed by atoms with Gasteiger partial charge in [-0.2, -0.15) is 0 Å². The largest absolute Gasteiger partial charge is 0.444 e. The van der Waals surface area contributed by atoms with Crippen LogP contribution in [0.2, 0.25) is 0 Å². The van der Waals surface area contributed by atoms with E-state index in [-0.39, 0.29) is 5.91 Å². The number of amides is 2. The molecule has 1 rings (SSSR count). The van der Waals surface area contributed by atoms with Crippen LogP contribution < -0.4 is 10.6 Å². The fourth-order valence-electron chi connectivity index (χ4n) is 1.58. The molecule has 1 aromatic rings. The highest BCUT2D eigenvalue weighted by Gasteiger charge is 2.20. The van der Waals surface area contributed by atoms with E-state index in [1.54, 1.807) is 33.9 Å². The molecule has 0 saturated carbocycles. The van der Waals surface area contributed by atoms with Crippen molar-refractivity contribution in [3.8, 4) is 0 Å². The lowest BCUT2D eigenvalue weighted by atomic mass is 10.2. The van der Waals surface area contributed by atoms with Crippen LogP contribution in [0.1, 0.15) is 39.0 Å². The molecule has 0 aliphatic carbocycles. The van der Waals surface area contributed by atoms with Crippen LogP contribution in [0, 0.1) is 6.92 Å². The highest BCUT2D eigenvalue weighted by Crippen LogP contribution is 2.07. The lowest BCUT2D eigenvalue weighted by Gasteiger charge is -2.21. The molecule has 0 fully saturated rings. The first-order chi connectivity index (χ1) is 9.69. The van der Waals surface area contributed by atoms with E-state index in [4.69, 9.17) is 4.74 Å². The van der Waals surface area contributed by atoms with Crippen LogP contribution in [0.5, 0.6) is 0 Å². The van der Waals surface area contributed by atoms with Gasteiger partial charge in [-0.3, -0.25) is 9.78 Å². The number of hydrogen-bond donors (Lipinski definition) is 2. The van der Waals surface area contributed by atoms with Crippen molar-refractivity contribution in [3.63, 3.8) is 0 Å². The first kappa shape index (κ1) is 16.9. The Balaban J connectivity index is 2.45. The van der Waals surface area contributed by atoms with E-state index in [0.29, 0.717) is 6.54 Å². The molecular weight excluding hydrogens is 270 g/mol. The van der Waals surface area contributed by atoms with Crippen molar-refractivity contribution in [2.24, 2.45) is 0 Å². The number of aromatic nitrogens is 1. The number of pyridine rings is 1. The van der Waals surface area contributed by atoms with Gasteiger partial charge in [-0.25, -0.2) is 4.79 Å². The zero-order valence-corrected chi connectivity index (χ0v) is 13.2. The minimum atomic E-state index is -0.677. The number of nitrogens with zero attached hydrogens (tertiary/aromatic N) is 1. The van der Waals surface area contributed by atoms with Crippen LogP contribution >= 0.6 is 0 Å². The van der Waals surface area contributed by atoms with E-state index in [1.165, 1.54) is 0 Å². The van der Waals surface area contributed by atoms with Crippen molar-refractivity contribution in [1.29, 1.82) is 0 Å². The average molecular weight is 293 g/mol. The molecule has 0 bridgehead atoms. The van der Waals surface area contributed by atoms with Crippen LogP contribution in [0.15, 0.2) is 18.3 Å². The van der Waals surface area contributed by atoms with Gasteiger partial charge in [0.2, 0.25) is 5.91 Å². The Labute approximate surface area is 125 Å². The van der Waals surface area contributed by atoms with Crippen LogP contribution in [0.3, 0.4) is 0 Å². The van der Waals surface area contributed by atoms with Gasteiger partial charge in [-0.15, -0.1) is 0 Å². The third-order valence-corrected chi connectivity index (χ3v) is 2.67. The molecule has 0 aliphatic heterocycles. The number of aryl methyl sites for hydroxylation is 1. The number of rotatable bonds is 4. The van der Waals surface area contributed by atoms with Gasteiger partial charge < -0.3 is 15.4 Å². The topological polar surface area (TPSA) is 80.3 Å². The molecule has 1 atom stereocenters. The summed E-state index contributed by atoms with van der Waals surface area (Å²) in [5.74, 6) is -0.286. The lowest BCUT2D eigenvalue weighted by molar-refractivity contribution is -0.123. The Hall–Kier alpha value is -2.11. The molecule has 1 unspecified atom stereocenters. The Morgan fingerprint density at radius 1 is 1.38 bits per heavy atom. The van der Waals surface area contributed by atoms with Gasteiger partial charge >= 0.3 is 6.09 Å². The maximum absolute atomic E-state index is 11.9. The summed E-state index contributed by atoms with van der Waals surface area (Å²) in [5.41, 5.74) is 1.21. The van der Waals surface area contributed by atoms with E-state index < -0.39 is 17.7 Å². The second-order valence-electron chi connectivity index (χ2n) is 5.85. The van der Waals surface area contributed by atoms with Gasteiger partial charge in [0.25, 0.3) is 0 Å². The van der Waals surface area contributed by atoms with Crippen molar-refractivity contribution < 1.29 is 14.3 Å². The molecular formula is C15H23N3O3. The molecule has 0 spiro atoms. The molecule has 1 heterocycles. The minimum Gasteiger partial charge on any atom is -0.444 e. The SMILES string of the molecule is Cc1cccnc1CNC(=O)C(C)NC(=O)OC(C)(C)C. The normalized spacial score (nSPS) is 12.4. The van der Waals surface area contributed by atoms with Gasteiger partial charge in [-0.1, -0.05) is 6.07 Å². The Morgan fingerprint density at radius 3 is 2.62 bits per heavy atom. The lowest BCUT2D eigenvalue weighted by Crippen LogP contribution is -2.46. The van der Waals surface area contributed by atoms with E-state index in [2.05, 4.69) is 15.6 Å². The number of carbonyl (C=O) groups excluding carboxylic acids is 2. The van der Waals surface area contributed by atoms with E-state index >= 15 is 0 Å². The molecule has 1 aromatic heterocycles. The summed E-state index contributed by atoms with van der Waals surface area (Å²) in [6.07, 6.45) is 1.07. The standard InChI is InChI=1S/C15H23N3O3/c1-10-7-6-8-16-12(10)9-17-13(19)11(2)18-14(20)21-15(3,4)5/h6-8,11H,9H2,1-5H3,(H,17,19)(H,18,20). The first-order valence-corrected chi connectivity index (χ1v) is 6.87. The summed E-state index contributed by atoms with van der Waals surface area (Å²) in [4.78, 5) is 27.7. The van der Waals surface area contributed by atoms with Crippen molar-refractivity contribution in [2.75, 3.05) is 0 Å². The smallest absolute Gasteiger partial charge is 0.408 e. The minimum absolute atomic E-state index is 0.286. The van der Waals surface area contributed by atoms with Crippen molar-refractivity contribution >= 4 is 12.0 Å². The third kappa shape index (κ3) is 6.25. The second kappa shape index (κ2) is 7.06. The van der Waals surface area contributed by atoms with Gasteiger partial charge in [0.15, 0.2) is 0 Å². The van der Waals surface area contributed by atoms with Crippen molar-refractivity contribution in [1.82, 2.24) is 15.6 Å². The number of ether oxygens (including phenoxy) is 1. The second-order valence-corrected chi connectivity index (χ2v) is 5.85. The summed E-state index contributed by atoms with van der Waals surface area (Å²) in [6, 6.07) is 3.09. The van der Waals surface area contributed by atoms with Crippen LogP contribution in [-0.2, 0) is 16.1 Å². The molecule has 0 saturated heterocycles. The molecule has 21 heavy (non-hydrogen) atoms. The Bertz CT molecular complexity index is 509. The van der Waals surface area contributed by atoms with Crippen molar-refractivity contribution in [3.05, 3.63) is 29.6 Å². The Morgan fingerprint density at radius 2 is 2.05 bits per heavy atom. The number of alkyl carbamates (subject to hydrolysis) is 1. The van der Waals surface area contributed by atoms with Crippen LogP contribution in [0.4, 0.5) is 4.79 Å². The first-order valence-electron chi connectivity index (χ1n) is 6.87. The quantitative estimate of drug-likeness (QED) is 0.888. The molecule has 6 heteroatoms. The predicted molar refractivity (Wildman–Crippen MR) is 79.7 cm³/mol. The molecule has 2 N–H and O–H groups in total. The summed E-state index contributed by atoms with van der Waals surface area (Å²) in [6.45, 7) is 9.15. The molecule has 6 nitrogen and oxygen atoms in total. The summed E-state index contributed by atoms with van der Waals surface area (Å²) < 4.78 is 5.10. The summed E-state index contributed by atoms with van der Waals surface area (Å²) >= 11 is 0. The molecule has 2 amide bonds. The van der Waals surface area contributed by atoms with Crippen molar-refractivity contribution in [2.45, 2.75) is 52.8 Å². The number of nitrogens with one attached hydrogen (secondary N) is 2. The fourth-order valence-corrected chi connectivity index (χ4v) is 1.58. The highest BCUT2D eigenvalue weighted by atomic mass is 16.6. The number of carbonyl (C=O) groups is 2.